The van der Waals surface area contributed by atoms with Gasteiger partial charge in [-0.2, -0.15) is 4.98 Å². The van der Waals surface area contributed by atoms with Gasteiger partial charge in [0.05, 0.1) is 6.61 Å². The van der Waals surface area contributed by atoms with E-state index in [1.54, 1.807) is 0 Å². The Morgan fingerprint density at radius 2 is 2.00 bits per heavy atom. The van der Waals surface area contributed by atoms with Gasteiger partial charge in [0.25, 0.3) is 0 Å². The van der Waals surface area contributed by atoms with Crippen LogP contribution in [-0.4, -0.2) is 61.0 Å². The lowest BCUT2D eigenvalue weighted by molar-refractivity contribution is -0.252. The van der Waals surface area contributed by atoms with Crippen LogP contribution in [0.3, 0.4) is 0 Å². The lowest BCUT2D eigenvalue weighted by Gasteiger charge is -2.40. The Labute approximate surface area is 107 Å². The molecule has 106 valence electrons. The van der Waals surface area contributed by atoms with Gasteiger partial charge in [-0.25, -0.2) is 4.79 Å². The second kappa shape index (κ2) is 5.23. The number of ether oxygens (including phenoxy) is 1. The number of anilines is 1. The predicted octanol–water partition coefficient (Wildman–Crippen LogP) is -3.20. The summed E-state index contributed by atoms with van der Waals surface area (Å²) in [5, 5.41) is 38.1. The van der Waals surface area contributed by atoms with Gasteiger partial charge in [0, 0.05) is 6.20 Å². The van der Waals surface area contributed by atoms with Crippen molar-refractivity contribution in [2.24, 2.45) is 0 Å². The van der Waals surface area contributed by atoms with Crippen LogP contribution in [0.1, 0.15) is 6.23 Å². The minimum atomic E-state index is -1.56. The van der Waals surface area contributed by atoms with Crippen LogP contribution in [0.4, 0.5) is 5.82 Å². The van der Waals surface area contributed by atoms with Crippen molar-refractivity contribution in [3.8, 4) is 0 Å². The number of hydrogen-bond acceptors (Lipinski definition) is 8. The highest BCUT2D eigenvalue weighted by Gasteiger charge is 2.44. The van der Waals surface area contributed by atoms with Crippen LogP contribution in [-0.2, 0) is 4.74 Å². The van der Waals surface area contributed by atoms with Crippen LogP contribution in [0.15, 0.2) is 17.1 Å². The van der Waals surface area contributed by atoms with E-state index in [9.17, 15) is 20.1 Å². The fourth-order valence-corrected chi connectivity index (χ4v) is 1.93. The monoisotopic (exact) mass is 273 g/mol. The second-order valence-corrected chi connectivity index (χ2v) is 4.26. The zero-order valence-corrected chi connectivity index (χ0v) is 9.83. The first kappa shape index (κ1) is 13.9. The van der Waals surface area contributed by atoms with Crippen LogP contribution in [0.5, 0.6) is 0 Å². The highest BCUT2D eigenvalue weighted by Crippen LogP contribution is 2.27. The third-order valence-electron chi connectivity index (χ3n) is 2.99. The summed E-state index contributed by atoms with van der Waals surface area (Å²) in [5.41, 5.74) is 4.56. The molecule has 1 aliphatic rings. The van der Waals surface area contributed by atoms with Crippen molar-refractivity contribution in [2.45, 2.75) is 30.6 Å². The van der Waals surface area contributed by atoms with E-state index in [0.29, 0.717) is 0 Å². The molecule has 9 heteroatoms. The normalized spacial score (nSPS) is 35.3. The summed E-state index contributed by atoms with van der Waals surface area (Å²) in [5.74, 6) is 0.00541. The first-order valence-corrected chi connectivity index (χ1v) is 5.61. The molecule has 9 nitrogen and oxygen atoms in total. The van der Waals surface area contributed by atoms with Crippen molar-refractivity contribution >= 4 is 5.82 Å². The van der Waals surface area contributed by atoms with E-state index in [1.165, 1.54) is 12.3 Å². The number of nitrogens with zero attached hydrogens (tertiary/aromatic N) is 2. The molecule has 5 unspecified atom stereocenters. The number of nitrogen functional groups attached to an aromatic ring is 1. The van der Waals surface area contributed by atoms with Gasteiger partial charge in [0.2, 0.25) is 0 Å². The molecule has 2 rings (SSSR count). The summed E-state index contributed by atoms with van der Waals surface area (Å²) in [7, 11) is 0. The minimum Gasteiger partial charge on any atom is -0.394 e. The van der Waals surface area contributed by atoms with Crippen molar-refractivity contribution < 1.29 is 25.2 Å². The van der Waals surface area contributed by atoms with Gasteiger partial charge >= 0.3 is 5.69 Å². The Bertz CT molecular complexity index is 504. The highest BCUT2D eigenvalue weighted by molar-refractivity contribution is 5.23. The quantitative estimate of drug-likeness (QED) is 0.378. The van der Waals surface area contributed by atoms with E-state index in [4.69, 9.17) is 15.6 Å². The summed E-state index contributed by atoms with van der Waals surface area (Å²) in [6.07, 6.45) is -5.68. The molecular formula is C10H15N3O6. The van der Waals surface area contributed by atoms with Crippen molar-refractivity contribution in [3.05, 3.63) is 22.7 Å². The summed E-state index contributed by atoms with van der Waals surface area (Å²) in [6, 6.07) is 1.32. The average Bonchev–Trinajstić information content (AvgIpc) is 2.38. The molecule has 0 radical (unpaired) electrons. The second-order valence-electron chi connectivity index (χ2n) is 4.26. The molecule has 0 saturated carbocycles. The fourth-order valence-electron chi connectivity index (χ4n) is 1.93. The number of aromatic nitrogens is 2. The highest BCUT2D eigenvalue weighted by atomic mass is 16.6. The number of rotatable bonds is 2. The maximum atomic E-state index is 11.6. The number of hydrogen-bond donors (Lipinski definition) is 5. The van der Waals surface area contributed by atoms with Crippen LogP contribution in [0, 0.1) is 0 Å². The first-order valence-electron chi connectivity index (χ1n) is 5.61. The Kier molecular flexibility index (Phi) is 3.83. The van der Waals surface area contributed by atoms with Crippen LogP contribution >= 0.6 is 0 Å². The summed E-state index contributed by atoms with van der Waals surface area (Å²) in [6.45, 7) is -0.571. The third-order valence-corrected chi connectivity index (χ3v) is 2.99. The topological polar surface area (TPSA) is 151 Å². The van der Waals surface area contributed by atoms with Crippen LogP contribution in [0.2, 0.25) is 0 Å². The fraction of sp³-hybridized carbons (Fsp3) is 0.600. The molecule has 0 aliphatic carbocycles. The number of aliphatic hydroxyl groups is 4. The zero-order valence-electron chi connectivity index (χ0n) is 9.83. The van der Waals surface area contributed by atoms with Crippen molar-refractivity contribution in [1.82, 2.24) is 9.55 Å². The summed E-state index contributed by atoms with van der Waals surface area (Å²) < 4.78 is 6.14. The molecule has 1 aromatic heterocycles. The van der Waals surface area contributed by atoms with Gasteiger partial charge in [0.15, 0.2) is 6.23 Å². The molecule has 1 fully saturated rings. The Morgan fingerprint density at radius 3 is 2.58 bits per heavy atom. The largest absolute Gasteiger partial charge is 0.394 e. The molecule has 5 atom stereocenters. The number of aliphatic hydroxyl groups excluding tert-OH is 4. The lowest BCUT2D eigenvalue weighted by atomic mass is 9.98. The summed E-state index contributed by atoms with van der Waals surface area (Å²) in [4.78, 5) is 15.1. The van der Waals surface area contributed by atoms with E-state index >= 15 is 0 Å². The van der Waals surface area contributed by atoms with Crippen molar-refractivity contribution in [1.29, 1.82) is 0 Å². The van der Waals surface area contributed by atoms with E-state index in [-0.39, 0.29) is 5.82 Å². The van der Waals surface area contributed by atoms with Gasteiger partial charge in [-0.15, -0.1) is 0 Å². The lowest BCUT2D eigenvalue weighted by Crippen LogP contribution is -2.57. The molecule has 0 amide bonds. The minimum absolute atomic E-state index is 0.00541. The van der Waals surface area contributed by atoms with Crippen LogP contribution in [0.25, 0.3) is 0 Å². The molecule has 2 heterocycles. The standard InChI is InChI=1S/C10H15N3O6/c11-5-1-2-13(10(18)12-5)9-8(17)7(16)6(15)4(3-14)19-9/h1-2,4,6-9,14-17H,3H2,(H2,11,12,18). The maximum Gasteiger partial charge on any atom is 0.351 e. The Hall–Kier alpha value is -1.52. The predicted molar refractivity (Wildman–Crippen MR) is 61.9 cm³/mol. The molecule has 1 saturated heterocycles. The summed E-state index contributed by atoms with van der Waals surface area (Å²) >= 11 is 0. The van der Waals surface area contributed by atoms with E-state index in [0.717, 1.165) is 4.57 Å². The smallest absolute Gasteiger partial charge is 0.351 e. The SMILES string of the molecule is Nc1ccn(C2OC(CO)C(O)C(O)C2O)c(=O)n1. The molecule has 0 bridgehead atoms. The molecular weight excluding hydrogens is 258 g/mol. The van der Waals surface area contributed by atoms with Gasteiger partial charge < -0.3 is 30.9 Å². The molecule has 6 N–H and O–H groups in total. The van der Waals surface area contributed by atoms with E-state index < -0.39 is 42.9 Å². The Morgan fingerprint density at radius 1 is 1.32 bits per heavy atom. The van der Waals surface area contributed by atoms with Gasteiger partial charge in [0.1, 0.15) is 30.2 Å². The molecule has 19 heavy (non-hydrogen) atoms. The molecule has 0 spiro atoms. The van der Waals surface area contributed by atoms with Crippen molar-refractivity contribution in [3.63, 3.8) is 0 Å². The zero-order chi connectivity index (χ0) is 14.2. The first-order chi connectivity index (χ1) is 8.95. The maximum absolute atomic E-state index is 11.6. The molecule has 0 aromatic carbocycles. The molecule has 1 aromatic rings. The number of nitrogens with two attached hydrogens (primary N) is 1. The van der Waals surface area contributed by atoms with Crippen molar-refractivity contribution in [2.75, 3.05) is 12.3 Å². The van der Waals surface area contributed by atoms with E-state index in [1.807, 2.05) is 0 Å². The van der Waals surface area contributed by atoms with Crippen LogP contribution < -0.4 is 11.4 Å². The van der Waals surface area contributed by atoms with E-state index in [2.05, 4.69) is 4.98 Å². The van der Waals surface area contributed by atoms with Gasteiger partial charge in [-0.3, -0.25) is 4.57 Å². The van der Waals surface area contributed by atoms with Gasteiger partial charge in [-0.05, 0) is 6.07 Å². The van der Waals surface area contributed by atoms with Gasteiger partial charge in [-0.1, -0.05) is 0 Å². The Balaban J connectivity index is 2.35. The third kappa shape index (κ3) is 2.46. The average molecular weight is 273 g/mol. The molecule has 1 aliphatic heterocycles.